The maximum Gasteiger partial charge on any atom is 0.0785 e. The van der Waals surface area contributed by atoms with Crippen LogP contribution in [0, 0.1) is 5.41 Å². The number of hydrogen-bond donors (Lipinski definition) is 2. The first-order chi connectivity index (χ1) is 7.06. The molecule has 0 aliphatic heterocycles. The lowest BCUT2D eigenvalue weighted by Gasteiger charge is -2.28. The average molecular weight is 215 g/mol. The van der Waals surface area contributed by atoms with Crippen molar-refractivity contribution in [3.8, 4) is 0 Å². The van der Waals surface area contributed by atoms with Gasteiger partial charge in [-0.25, -0.2) is 0 Å². The maximum atomic E-state index is 9.49. The smallest absolute Gasteiger partial charge is 0.0785 e. The number of methoxy groups -OCH3 is 1. The van der Waals surface area contributed by atoms with Crippen molar-refractivity contribution in [1.29, 1.82) is 0 Å². The zero-order chi connectivity index (χ0) is 11.3. The predicted octanol–water partition coefficient (Wildman–Crippen LogP) is 1.55. The molecule has 2 unspecified atom stereocenters. The SMILES string of the molecule is COCC(O)CCNC1CCCC1(C)C. The molecule has 0 aromatic carbocycles. The topological polar surface area (TPSA) is 41.5 Å². The van der Waals surface area contributed by atoms with Crippen molar-refractivity contribution in [2.75, 3.05) is 20.3 Å². The molecule has 15 heavy (non-hydrogen) atoms. The van der Waals surface area contributed by atoms with Crippen molar-refractivity contribution >= 4 is 0 Å². The summed E-state index contributed by atoms with van der Waals surface area (Å²) in [5, 5.41) is 13.0. The minimum Gasteiger partial charge on any atom is -0.391 e. The van der Waals surface area contributed by atoms with E-state index >= 15 is 0 Å². The lowest BCUT2D eigenvalue weighted by atomic mass is 9.87. The van der Waals surface area contributed by atoms with Crippen LogP contribution in [-0.2, 0) is 4.74 Å². The van der Waals surface area contributed by atoms with E-state index < -0.39 is 0 Å². The van der Waals surface area contributed by atoms with Gasteiger partial charge < -0.3 is 15.2 Å². The minimum absolute atomic E-state index is 0.327. The summed E-state index contributed by atoms with van der Waals surface area (Å²) in [5.74, 6) is 0. The van der Waals surface area contributed by atoms with Crippen molar-refractivity contribution < 1.29 is 9.84 Å². The molecule has 0 aromatic heterocycles. The molecule has 0 heterocycles. The third-order valence-corrected chi connectivity index (χ3v) is 3.48. The zero-order valence-electron chi connectivity index (χ0n) is 10.3. The van der Waals surface area contributed by atoms with Crippen LogP contribution in [0.5, 0.6) is 0 Å². The first-order valence-electron chi connectivity index (χ1n) is 5.96. The number of aliphatic hydroxyl groups excluding tert-OH is 1. The van der Waals surface area contributed by atoms with Gasteiger partial charge in [0.2, 0.25) is 0 Å². The van der Waals surface area contributed by atoms with Crippen molar-refractivity contribution in [2.24, 2.45) is 5.41 Å². The van der Waals surface area contributed by atoms with Gasteiger partial charge >= 0.3 is 0 Å². The Balaban J connectivity index is 2.14. The normalized spacial score (nSPS) is 26.8. The molecule has 0 saturated heterocycles. The number of nitrogens with one attached hydrogen (secondary N) is 1. The van der Waals surface area contributed by atoms with Gasteiger partial charge in [-0.15, -0.1) is 0 Å². The molecule has 0 aromatic rings. The van der Waals surface area contributed by atoms with Gasteiger partial charge in [0.1, 0.15) is 0 Å². The maximum absolute atomic E-state index is 9.49. The average Bonchev–Trinajstić information content (AvgIpc) is 2.46. The van der Waals surface area contributed by atoms with Crippen LogP contribution in [-0.4, -0.2) is 37.5 Å². The molecule has 1 rings (SSSR count). The van der Waals surface area contributed by atoms with Crippen LogP contribution >= 0.6 is 0 Å². The number of hydrogen-bond acceptors (Lipinski definition) is 3. The van der Waals surface area contributed by atoms with Crippen molar-refractivity contribution in [3.05, 3.63) is 0 Å². The second-order valence-electron chi connectivity index (χ2n) is 5.29. The van der Waals surface area contributed by atoms with Crippen LogP contribution < -0.4 is 5.32 Å². The summed E-state index contributed by atoms with van der Waals surface area (Å²) in [6, 6.07) is 0.618. The van der Waals surface area contributed by atoms with Gasteiger partial charge in [-0.3, -0.25) is 0 Å². The molecule has 3 nitrogen and oxygen atoms in total. The third kappa shape index (κ3) is 4.09. The van der Waals surface area contributed by atoms with Gasteiger partial charge in [0.15, 0.2) is 0 Å². The van der Waals surface area contributed by atoms with Gasteiger partial charge in [-0.2, -0.15) is 0 Å². The van der Waals surface area contributed by atoms with E-state index in [2.05, 4.69) is 19.2 Å². The summed E-state index contributed by atoms with van der Waals surface area (Å²) in [6.07, 6.45) is 4.36. The predicted molar refractivity (Wildman–Crippen MR) is 61.9 cm³/mol. The van der Waals surface area contributed by atoms with Crippen molar-refractivity contribution in [2.45, 2.75) is 51.7 Å². The van der Waals surface area contributed by atoms with Crippen LogP contribution in [0.1, 0.15) is 39.5 Å². The fourth-order valence-electron chi connectivity index (χ4n) is 2.41. The summed E-state index contributed by atoms with van der Waals surface area (Å²) in [4.78, 5) is 0. The molecule has 0 radical (unpaired) electrons. The first kappa shape index (κ1) is 12.9. The quantitative estimate of drug-likeness (QED) is 0.706. The molecular formula is C12H25NO2. The van der Waals surface area contributed by atoms with E-state index in [9.17, 15) is 5.11 Å². The lowest BCUT2D eigenvalue weighted by Crippen LogP contribution is -2.39. The van der Waals surface area contributed by atoms with E-state index in [-0.39, 0.29) is 6.10 Å². The van der Waals surface area contributed by atoms with Crippen LogP contribution in [0.15, 0.2) is 0 Å². The number of rotatable bonds is 6. The summed E-state index contributed by atoms with van der Waals surface area (Å²) >= 11 is 0. The molecule has 1 aliphatic rings. The Labute approximate surface area is 93.2 Å². The Bertz CT molecular complexity index is 182. The molecule has 1 saturated carbocycles. The van der Waals surface area contributed by atoms with E-state index in [1.54, 1.807) is 7.11 Å². The molecule has 3 heteroatoms. The second kappa shape index (κ2) is 5.83. The largest absolute Gasteiger partial charge is 0.391 e. The van der Waals surface area contributed by atoms with Gasteiger partial charge in [0, 0.05) is 13.2 Å². The van der Waals surface area contributed by atoms with E-state index in [0.29, 0.717) is 18.1 Å². The Kier molecular flexibility index (Phi) is 5.03. The molecule has 1 aliphatic carbocycles. The highest BCUT2D eigenvalue weighted by Crippen LogP contribution is 2.36. The summed E-state index contributed by atoms with van der Waals surface area (Å²) < 4.78 is 4.89. The molecule has 0 bridgehead atoms. The van der Waals surface area contributed by atoms with Crippen molar-refractivity contribution in [1.82, 2.24) is 5.32 Å². The van der Waals surface area contributed by atoms with E-state index in [0.717, 1.165) is 13.0 Å². The van der Waals surface area contributed by atoms with Crippen molar-refractivity contribution in [3.63, 3.8) is 0 Å². The van der Waals surface area contributed by atoms with Gasteiger partial charge in [0.05, 0.1) is 12.7 Å². The third-order valence-electron chi connectivity index (χ3n) is 3.48. The van der Waals surface area contributed by atoms with Crippen LogP contribution in [0.4, 0.5) is 0 Å². The minimum atomic E-state index is -0.327. The Morgan fingerprint density at radius 1 is 1.53 bits per heavy atom. The molecule has 1 fully saturated rings. The molecule has 2 N–H and O–H groups in total. The fraction of sp³-hybridized carbons (Fsp3) is 1.00. The summed E-state index contributed by atoms with van der Waals surface area (Å²) in [7, 11) is 1.62. The molecule has 2 atom stereocenters. The Morgan fingerprint density at radius 3 is 2.80 bits per heavy atom. The zero-order valence-corrected chi connectivity index (χ0v) is 10.3. The van der Waals surface area contributed by atoms with Gasteiger partial charge in [-0.05, 0) is 31.2 Å². The van der Waals surface area contributed by atoms with Crippen LogP contribution in [0.25, 0.3) is 0 Å². The molecular weight excluding hydrogens is 190 g/mol. The van der Waals surface area contributed by atoms with Gasteiger partial charge in [-0.1, -0.05) is 20.3 Å². The fourth-order valence-corrected chi connectivity index (χ4v) is 2.41. The Morgan fingerprint density at radius 2 is 2.27 bits per heavy atom. The van der Waals surface area contributed by atoms with Crippen LogP contribution in [0.3, 0.4) is 0 Å². The molecule has 0 spiro atoms. The number of aliphatic hydroxyl groups is 1. The monoisotopic (exact) mass is 215 g/mol. The highest BCUT2D eigenvalue weighted by molar-refractivity contribution is 4.90. The Hall–Kier alpha value is -0.120. The number of ether oxygens (including phenoxy) is 1. The summed E-state index contributed by atoms with van der Waals surface area (Å²) in [5.41, 5.74) is 0.423. The highest BCUT2D eigenvalue weighted by Gasteiger charge is 2.33. The van der Waals surface area contributed by atoms with E-state index in [1.165, 1.54) is 19.3 Å². The van der Waals surface area contributed by atoms with Gasteiger partial charge in [0.25, 0.3) is 0 Å². The highest BCUT2D eigenvalue weighted by atomic mass is 16.5. The van der Waals surface area contributed by atoms with E-state index in [1.807, 2.05) is 0 Å². The lowest BCUT2D eigenvalue weighted by molar-refractivity contribution is 0.0582. The van der Waals surface area contributed by atoms with Crippen LogP contribution in [0.2, 0.25) is 0 Å². The van der Waals surface area contributed by atoms with E-state index in [4.69, 9.17) is 4.74 Å². The standard InChI is InChI=1S/C12H25NO2/c1-12(2)7-4-5-11(12)13-8-6-10(14)9-15-3/h10-11,13-14H,4-9H2,1-3H3. The molecule has 90 valence electrons. The summed E-state index contributed by atoms with van der Waals surface area (Å²) in [6.45, 7) is 5.97. The first-order valence-corrected chi connectivity index (χ1v) is 5.96. The second-order valence-corrected chi connectivity index (χ2v) is 5.29. The molecule has 0 amide bonds.